The van der Waals surface area contributed by atoms with Crippen LogP contribution in [0.2, 0.25) is 0 Å². The molecule has 2 rings (SSSR count). The van der Waals surface area contributed by atoms with Crippen LogP contribution in [-0.4, -0.2) is 47.6 Å². The number of esters is 1. The Bertz CT molecular complexity index is 566. The number of thioether (sulfide) groups is 2. The Kier molecular flexibility index (Phi) is 7.28. The van der Waals surface area contributed by atoms with Crippen LogP contribution in [0.15, 0.2) is 35.3 Å². The first kappa shape index (κ1) is 17.7. The quantitative estimate of drug-likeness (QED) is 0.790. The molecule has 0 aliphatic carbocycles. The second kappa shape index (κ2) is 9.46. The number of hydrogen-bond donors (Lipinski definition) is 1. The molecule has 0 saturated heterocycles. The highest BCUT2D eigenvalue weighted by molar-refractivity contribution is 8.39. The predicted octanol–water partition coefficient (Wildman–Crippen LogP) is 2.29. The molecule has 1 heterocycles. The SMILES string of the molecule is COC(=O)[C@H](CSC1=NCCS1)NC(=O)OCc1ccccc1. The molecule has 1 N–H and O–H groups in total. The minimum Gasteiger partial charge on any atom is -0.467 e. The third kappa shape index (κ3) is 6.15. The lowest BCUT2D eigenvalue weighted by Gasteiger charge is -2.16. The minimum absolute atomic E-state index is 0.149. The summed E-state index contributed by atoms with van der Waals surface area (Å²) in [5.74, 6) is 0.814. The molecule has 124 valence electrons. The molecule has 0 unspecified atom stereocenters. The molecule has 1 aliphatic heterocycles. The lowest BCUT2D eigenvalue weighted by molar-refractivity contribution is -0.142. The number of carbonyl (C=O) groups excluding carboxylic acids is 2. The highest BCUT2D eigenvalue weighted by Gasteiger charge is 2.23. The molecule has 1 aromatic carbocycles. The van der Waals surface area contributed by atoms with Crippen molar-refractivity contribution in [3.05, 3.63) is 35.9 Å². The van der Waals surface area contributed by atoms with Gasteiger partial charge in [0.2, 0.25) is 0 Å². The maximum absolute atomic E-state index is 11.9. The predicted molar refractivity (Wildman–Crippen MR) is 92.8 cm³/mol. The fraction of sp³-hybridized carbons (Fsp3) is 0.400. The Balaban J connectivity index is 1.81. The van der Waals surface area contributed by atoms with Crippen LogP contribution < -0.4 is 5.32 Å². The number of methoxy groups -OCH3 is 1. The number of ether oxygens (including phenoxy) is 2. The van der Waals surface area contributed by atoms with Crippen molar-refractivity contribution in [1.82, 2.24) is 5.32 Å². The van der Waals surface area contributed by atoms with Crippen molar-refractivity contribution in [2.45, 2.75) is 12.6 Å². The highest BCUT2D eigenvalue weighted by Crippen LogP contribution is 2.22. The van der Waals surface area contributed by atoms with Crippen molar-refractivity contribution in [2.75, 3.05) is 25.2 Å². The summed E-state index contributed by atoms with van der Waals surface area (Å²) in [5.41, 5.74) is 0.878. The number of rotatable bonds is 6. The van der Waals surface area contributed by atoms with Crippen molar-refractivity contribution in [1.29, 1.82) is 0 Å². The van der Waals surface area contributed by atoms with E-state index in [1.165, 1.54) is 18.9 Å². The Hall–Kier alpha value is -1.67. The van der Waals surface area contributed by atoms with E-state index in [-0.39, 0.29) is 6.61 Å². The zero-order valence-corrected chi connectivity index (χ0v) is 14.3. The van der Waals surface area contributed by atoms with E-state index in [2.05, 4.69) is 10.3 Å². The maximum atomic E-state index is 11.9. The smallest absolute Gasteiger partial charge is 0.408 e. The Labute approximate surface area is 143 Å². The van der Waals surface area contributed by atoms with Gasteiger partial charge in [0, 0.05) is 11.5 Å². The number of amides is 1. The summed E-state index contributed by atoms with van der Waals surface area (Å²) in [7, 11) is 1.29. The molecule has 1 aliphatic rings. The van der Waals surface area contributed by atoms with Crippen LogP contribution in [0.4, 0.5) is 4.79 Å². The van der Waals surface area contributed by atoms with Crippen LogP contribution in [0, 0.1) is 0 Å². The molecule has 8 heteroatoms. The molecular formula is C15H18N2O4S2. The molecule has 0 saturated carbocycles. The number of carbonyl (C=O) groups is 2. The molecule has 0 bridgehead atoms. The summed E-state index contributed by atoms with van der Waals surface area (Å²) in [5, 5.41) is 2.54. The standard InChI is InChI=1S/C15H18N2O4S2/c1-20-13(18)12(10-23-15-16-7-8-22-15)17-14(19)21-9-11-5-3-2-4-6-11/h2-6,12H,7-10H2,1H3,(H,17,19)/t12-/m0/s1. The van der Waals surface area contributed by atoms with E-state index >= 15 is 0 Å². The summed E-state index contributed by atoms with van der Waals surface area (Å²) in [4.78, 5) is 27.9. The zero-order valence-electron chi connectivity index (χ0n) is 12.7. The summed E-state index contributed by atoms with van der Waals surface area (Å²) < 4.78 is 10.8. The first-order valence-corrected chi connectivity index (χ1v) is 9.01. The van der Waals surface area contributed by atoms with Crippen LogP contribution in [0.5, 0.6) is 0 Å². The number of alkyl carbamates (subject to hydrolysis) is 1. The van der Waals surface area contributed by atoms with Gasteiger partial charge in [0.25, 0.3) is 0 Å². The largest absolute Gasteiger partial charge is 0.467 e. The first-order chi connectivity index (χ1) is 11.2. The van der Waals surface area contributed by atoms with E-state index in [1.807, 2.05) is 30.3 Å². The van der Waals surface area contributed by atoms with Gasteiger partial charge >= 0.3 is 12.1 Å². The zero-order chi connectivity index (χ0) is 16.5. The van der Waals surface area contributed by atoms with Gasteiger partial charge < -0.3 is 14.8 Å². The summed E-state index contributed by atoms with van der Waals surface area (Å²) in [6, 6.07) is 8.57. The lowest BCUT2D eigenvalue weighted by Crippen LogP contribution is -2.43. The topological polar surface area (TPSA) is 77.0 Å². The van der Waals surface area contributed by atoms with Crippen molar-refractivity contribution in [3.8, 4) is 0 Å². The van der Waals surface area contributed by atoms with Gasteiger partial charge in [0.15, 0.2) is 0 Å². The number of aliphatic imine (C=N–C) groups is 1. The first-order valence-electron chi connectivity index (χ1n) is 7.04. The van der Waals surface area contributed by atoms with Gasteiger partial charge in [-0.1, -0.05) is 53.9 Å². The van der Waals surface area contributed by atoms with Gasteiger partial charge in [-0.25, -0.2) is 9.59 Å². The summed E-state index contributed by atoms with van der Waals surface area (Å²) in [6.45, 7) is 0.943. The third-order valence-electron chi connectivity index (χ3n) is 2.92. The minimum atomic E-state index is -0.767. The fourth-order valence-electron chi connectivity index (χ4n) is 1.78. The van der Waals surface area contributed by atoms with E-state index in [0.29, 0.717) is 5.75 Å². The number of hydrogen-bond acceptors (Lipinski definition) is 7. The van der Waals surface area contributed by atoms with E-state index in [4.69, 9.17) is 9.47 Å². The second-order valence-electron chi connectivity index (χ2n) is 4.59. The van der Waals surface area contributed by atoms with E-state index in [0.717, 1.165) is 22.2 Å². The molecule has 0 radical (unpaired) electrons. The van der Waals surface area contributed by atoms with Gasteiger partial charge in [-0.3, -0.25) is 4.99 Å². The van der Waals surface area contributed by atoms with Crippen molar-refractivity contribution in [3.63, 3.8) is 0 Å². The maximum Gasteiger partial charge on any atom is 0.408 e. The molecule has 1 amide bonds. The van der Waals surface area contributed by atoms with Gasteiger partial charge in [-0.05, 0) is 5.56 Å². The molecule has 0 fully saturated rings. The van der Waals surface area contributed by atoms with E-state index in [1.54, 1.807) is 11.8 Å². The van der Waals surface area contributed by atoms with Crippen LogP contribution in [0.3, 0.4) is 0 Å². The average molecular weight is 354 g/mol. The fourth-order valence-corrected chi connectivity index (χ4v) is 3.81. The van der Waals surface area contributed by atoms with Crippen LogP contribution in [-0.2, 0) is 20.9 Å². The second-order valence-corrected chi connectivity index (χ2v) is 6.94. The van der Waals surface area contributed by atoms with Crippen LogP contribution in [0.1, 0.15) is 5.56 Å². The Morgan fingerprint density at radius 3 is 2.83 bits per heavy atom. The van der Waals surface area contributed by atoms with Crippen LogP contribution in [0.25, 0.3) is 0 Å². The van der Waals surface area contributed by atoms with Crippen molar-refractivity contribution >= 4 is 40.0 Å². The van der Waals surface area contributed by atoms with Crippen molar-refractivity contribution in [2.24, 2.45) is 4.99 Å². The van der Waals surface area contributed by atoms with E-state index < -0.39 is 18.1 Å². The molecule has 1 atom stereocenters. The molecule has 0 aromatic heterocycles. The Morgan fingerprint density at radius 1 is 1.39 bits per heavy atom. The molecule has 6 nitrogen and oxygen atoms in total. The number of benzene rings is 1. The van der Waals surface area contributed by atoms with Gasteiger partial charge in [-0.15, -0.1) is 0 Å². The van der Waals surface area contributed by atoms with Gasteiger partial charge in [0.1, 0.15) is 17.0 Å². The van der Waals surface area contributed by atoms with E-state index in [9.17, 15) is 9.59 Å². The van der Waals surface area contributed by atoms with Gasteiger partial charge in [0.05, 0.1) is 13.7 Å². The molecule has 1 aromatic rings. The number of nitrogens with one attached hydrogen (secondary N) is 1. The third-order valence-corrected chi connectivity index (χ3v) is 5.27. The normalized spacial score (nSPS) is 14.7. The van der Waals surface area contributed by atoms with Crippen molar-refractivity contribution < 1.29 is 19.1 Å². The molecule has 23 heavy (non-hydrogen) atoms. The lowest BCUT2D eigenvalue weighted by atomic mass is 10.2. The summed E-state index contributed by atoms with van der Waals surface area (Å²) >= 11 is 3.08. The summed E-state index contributed by atoms with van der Waals surface area (Å²) in [6.07, 6.45) is -0.647. The highest BCUT2D eigenvalue weighted by atomic mass is 32.2. The average Bonchev–Trinajstić information content (AvgIpc) is 3.10. The monoisotopic (exact) mass is 354 g/mol. The number of nitrogens with zero attached hydrogens (tertiary/aromatic N) is 1. The van der Waals surface area contributed by atoms with Gasteiger partial charge in [-0.2, -0.15) is 0 Å². The molecular weight excluding hydrogens is 336 g/mol. The van der Waals surface area contributed by atoms with Crippen LogP contribution >= 0.6 is 23.5 Å². The Morgan fingerprint density at radius 2 is 2.17 bits per heavy atom. The molecule has 0 spiro atoms.